The van der Waals surface area contributed by atoms with E-state index < -0.39 is 0 Å². The van der Waals surface area contributed by atoms with Crippen molar-refractivity contribution in [3.05, 3.63) is 72.3 Å². The number of imidazole rings is 1. The van der Waals surface area contributed by atoms with Crippen LogP contribution in [0.5, 0.6) is 11.5 Å². The molecule has 0 atom stereocenters. The minimum atomic E-state index is 0. The van der Waals surface area contributed by atoms with Crippen LogP contribution < -0.4 is 20.1 Å². The summed E-state index contributed by atoms with van der Waals surface area (Å²) >= 11 is 0. The molecule has 0 bridgehead atoms. The highest BCUT2D eigenvalue weighted by molar-refractivity contribution is 14.0. The van der Waals surface area contributed by atoms with Crippen molar-refractivity contribution < 1.29 is 9.47 Å². The summed E-state index contributed by atoms with van der Waals surface area (Å²) in [6.45, 7) is 6.70. The lowest BCUT2D eigenvalue weighted by molar-refractivity contribution is 0.311. The van der Waals surface area contributed by atoms with Gasteiger partial charge in [0.05, 0.1) is 26.6 Å². The number of methoxy groups -OCH3 is 1. The SMILES string of the molecule is CCNC(=NCc1cccc(Cn2ccnc2)c1)Nc1ccc(OC)c(OCC)c1.I. The van der Waals surface area contributed by atoms with Crippen molar-refractivity contribution in [3.63, 3.8) is 0 Å². The van der Waals surface area contributed by atoms with Crippen LogP contribution in [0, 0.1) is 0 Å². The minimum Gasteiger partial charge on any atom is -0.493 e. The molecule has 166 valence electrons. The number of aliphatic imine (C=N–C) groups is 1. The van der Waals surface area contributed by atoms with E-state index in [9.17, 15) is 0 Å². The smallest absolute Gasteiger partial charge is 0.196 e. The first-order valence-electron chi connectivity index (χ1n) is 10.1. The van der Waals surface area contributed by atoms with Crippen molar-refractivity contribution in [1.82, 2.24) is 14.9 Å². The fraction of sp³-hybridized carbons (Fsp3) is 0.304. The van der Waals surface area contributed by atoms with E-state index in [4.69, 9.17) is 14.5 Å². The van der Waals surface area contributed by atoms with E-state index in [1.807, 2.05) is 49.1 Å². The molecular formula is C23H30IN5O2. The second-order valence-corrected chi connectivity index (χ2v) is 6.67. The van der Waals surface area contributed by atoms with Gasteiger partial charge in [-0.25, -0.2) is 9.98 Å². The molecule has 0 aliphatic heterocycles. The average Bonchev–Trinajstić information content (AvgIpc) is 3.26. The minimum absolute atomic E-state index is 0. The number of anilines is 1. The van der Waals surface area contributed by atoms with E-state index in [0.29, 0.717) is 30.6 Å². The number of nitrogens with one attached hydrogen (secondary N) is 2. The summed E-state index contributed by atoms with van der Waals surface area (Å²) in [7, 11) is 1.64. The first-order chi connectivity index (χ1) is 14.7. The zero-order valence-electron chi connectivity index (χ0n) is 18.2. The number of rotatable bonds is 9. The molecule has 0 aliphatic carbocycles. The molecule has 8 heteroatoms. The van der Waals surface area contributed by atoms with Gasteiger partial charge in [-0.2, -0.15) is 0 Å². The van der Waals surface area contributed by atoms with Crippen LogP contribution in [-0.4, -0.2) is 35.8 Å². The van der Waals surface area contributed by atoms with E-state index in [0.717, 1.165) is 24.3 Å². The molecular weight excluding hydrogens is 505 g/mol. The Morgan fingerprint density at radius 1 is 1.10 bits per heavy atom. The molecule has 0 fully saturated rings. The third-order valence-corrected chi connectivity index (χ3v) is 4.41. The second kappa shape index (κ2) is 12.8. The van der Waals surface area contributed by atoms with Crippen LogP contribution in [-0.2, 0) is 13.1 Å². The number of halogens is 1. The fourth-order valence-electron chi connectivity index (χ4n) is 3.05. The maximum absolute atomic E-state index is 5.66. The number of guanidine groups is 1. The summed E-state index contributed by atoms with van der Waals surface area (Å²) in [6, 6.07) is 14.2. The number of ether oxygens (including phenoxy) is 2. The second-order valence-electron chi connectivity index (χ2n) is 6.67. The lowest BCUT2D eigenvalue weighted by Crippen LogP contribution is -2.30. The van der Waals surface area contributed by atoms with Gasteiger partial charge in [-0.15, -0.1) is 24.0 Å². The average molecular weight is 535 g/mol. The molecule has 0 radical (unpaired) electrons. The van der Waals surface area contributed by atoms with Crippen LogP contribution in [0.2, 0.25) is 0 Å². The maximum Gasteiger partial charge on any atom is 0.196 e. The van der Waals surface area contributed by atoms with Crippen molar-refractivity contribution in [1.29, 1.82) is 0 Å². The van der Waals surface area contributed by atoms with Gasteiger partial charge in [0, 0.05) is 37.2 Å². The van der Waals surface area contributed by atoms with Crippen LogP contribution in [0.4, 0.5) is 5.69 Å². The van der Waals surface area contributed by atoms with Gasteiger partial charge in [-0.05, 0) is 37.1 Å². The van der Waals surface area contributed by atoms with Gasteiger partial charge in [0.15, 0.2) is 17.5 Å². The molecule has 0 amide bonds. The lowest BCUT2D eigenvalue weighted by Gasteiger charge is -2.14. The van der Waals surface area contributed by atoms with Crippen LogP contribution in [0.3, 0.4) is 0 Å². The number of hydrogen-bond acceptors (Lipinski definition) is 4. The topological polar surface area (TPSA) is 72.7 Å². The van der Waals surface area contributed by atoms with Crippen LogP contribution in [0.15, 0.2) is 66.2 Å². The first kappa shape index (κ1) is 24.5. The van der Waals surface area contributed by atoms with Gasteiger partial charge in [0.1, 0.15) is 0 Å². The van der Waals surface area contributed by atoms with Crippen LogP contribution in [0.1, 0.15) is 25.0 Å². The number of hydrogen-bond donors (Lipinski definition) is 2. The van der Waals surface area contributed by atoms with E-state index >= 15 is 0 Å². The molecule has 31 heavy (non-hydrogen) atoms. The van der Waals surface area contributed by atoms with E-state index in [1.165, 1.54) is 5.56 Å². The molecule has 0 saturated heterocycles. The largest absolute Gasteiger partial charge is 0.493 e. The Kier molecular flexibility index (Phi) is 10.2. The van der Waals surface area contributed by atoms with Crippen molar-refractivity contribution >= 4 is 35.6 Å². The van der Waals surface area contributed by atoms with Crippen molar-refractivity contribution in [2.24, 2.45) is 4.99 Å². The van der Waals surface area contributed by atoms with Gasteiger partial charge in [0.2, 0.25) is 0 Å². The zero-order chi connectivity index (χ0) is 21.2. The molecule has 3 rings (SSSR count). The molecule has 0 saturated carbocycles. The molecule has 0 aliphatic rings. The molecule has 0 unspecified atom stereocenters. The summed E-state index contributed by atoms with van der Waals surface area (Å²) in [5.41, 5.74) is 3.25. The third kappa shape index (κ3) is 7.46. The molecule has 3 aromatic rings. The summed E-state index contributed by atoms with van der Waals surface area (Å²) in [6.07, 6.45) is 5.57. The Morgan fingerprint density at radius 2 is 1.94 bits per heavy atom. The Balaban J connectivity index is 0.00000341. The van der Waals surface area contributed by atoms with Gasteiger partial charge in [-0.3, -0.25) is 0 Å². The van der Waals surface area contributed by atoms with Crippen LogP contribution >= 0.6 is 24.0 Å². The molecule has 7 nitrogen and oxygen atoms in total. The number of nitrogens with zero attached hydrogens (tertiary/aromatic N) is 3. The van der Waals surface area contributed by atoms with Gasteiger partial charge >= 0.3 is 0 Å². The predicted molar refractivity (Wildman–Crippen MR) is 136 cm³/mol. The van der Waals surface area contributed by atoms with Gasteiger partial charge in [0.25, 0.3) is 0 Å². The monoisotopic (exact) mass is 535 g/mol. The van der Waals surface area contributed by atoms with Gasteiger partial charge < -0.3 is 24.7 Å². The summed E-state index contributed by atoms with van der Waals surface area (Å²) in [5.74, 6) is 2.12. The third-order valence-electron chi connectivity index (χ3n) is 4.41. The molecule has 1 heterocycles. The first-order valence-corrected chi connectivity index (χ1v) is 10.1. The Labute approximate surface area is 200 Å². The standard InChI is InChI=1S/C23H29N5O2.HI/c1-4-25-23(27-20-9-10-21(29-3)22(14-20)30-5-2)26-15-18-7-6-8-19(13-18)16-28-12-11-24-17-28;/h6-14,17H,4-5,15-16H2,1-3H3,(H2,25,26,27);1H. The molecule has 2 N–H and O–H groups in total. The summed E-state index contributed by atoms with van der Waals surface area (Å²) in [4.78, 5) is 8.84. The van der Waals surface area contributed by atoms with Crippen LogP contribution in [0.25, 0.3) is 0 Å². The van der Waals surface area contributed by atoms with Crippen molar-refractivity contribution in [3.8, 4) is 11.5 Å². The number of benzene rings is 2. The predicted octanol–water partition coefficient (Wildman–Crippen LogP) is 4.53. The lowest BCUT2D eigenvalue weighted by atomic mass is 10.1. The van der Waals surface area contributed by atoms with Gasteiger partial charge in [-0.1, -0.05) is 24.3 Å². The fourth-order valence-corrected chi connectivity index (χ4v) is 3.05. The quantitative estimate of drug-likeness (QED) is 0.239. The molecule has 2 aromatic carbocycles. The van der Waals surface area contributed by atoms with E-state index in [1.54, 1.807) is 13.3 Å². The highest BCUT2D eigenvalue weighted by atomic mass is 127. The molecule has 0 spiro atoms. The van der Waals surface area contributed by atoms with E-state index in [-0.39, 0.29) is 24.0 Å². The summed E-state index contributed by atoms with van der Waals surface area (Å²) < 4.78 is 13.1. The van der Waals surface area contributed by atoms with Crippen molar-refractivity contribution in [2.45, 2.75) is 26.9 Å². The van der Waals surface area contributed by atoms with E-state index in [2.05, 4.69) is 39.9 Å². The van der Waals surface area contributed by atoms with Crippen molar-refractivity contribution in [2.75, 3.05) is 25.6 Å². The Bertz CT molecular complexity index is 960. The maximum atomic E-state index is 5.66. The molecule has 1 aromatic heterocycles. The highest BCUT2D eigenvalue weighted by Gasteiger charge is 2.07. The normalized spacial score (nSPS) is 10.9. The Hall–Kier alpha value is -2.75. The zero-order valence-corrected chi connectivity index (χ0v) is 20.5. The summed E-state index contributed by atoms with van der Waals surface area (Å²) in [5, 5.41) is 6.63. The number of aromatic nitrogens is 2. The highest BCUT2D eigenvalue weighted by Crippen LogP contribution is 2.30. The Morgan fingerprint density at radius 3 is 2.65 bits per heavy atom.